The molecule has 1 aromatic heterocycles. The summed E-state index contributed by atoms with van der Waals surface area (Å²) in [6, 6.07) is 3.48. The predicted octanol–water partition coefficient (Wildman–Crippen LogP) is 0.530. The second-order valence-corrected chi connectivity index (χ2v) is 1.95. The van der Waals surface area contributed by atoms with Gasteiger partial charge in [-0.3, -0.25) is 0 Å². The Bertz CT molecular complexity index is 282. The normalized spacial score (nSPS) is 8.45. The van der Waals surface area contributed by atoms with Gasteiger partial charge in [-0.05, 0) is 0 Å². The molecule has 0 radical (unpaired) electrons. The van der Waals surface area contributed by atoms with Crippen molar-refractivity contribution >= 4 is 5.69 Å². The SMILES string of the molecule is [CH2-]n1cccc(NC)c1=O.[U]. The van der Waals surface area contributed by atoms with Crippen LogP contribution in [0.2, 0.25) is 0 Å². The van der Waals surface area contributed by atoms with Gasteiger partial charge >= 0.3 is 0 Å². The van der Waals surface area contributed by atoms with Crippen molar-refractivity contribution in [2.75, 3.05) is 12.4 Å². The number of anilines is 1. The number of nitrogens with zero attached hydrogens (tertiary/aromatic N) is 1. The Morgan fingerprint density at radius 2 is 2.27 bits per heavy atom. The largest absolute Gasteiger partial charge is 0.453 e. The minimum Gasteiger partial charge on any atom is -0.453 e. The smallest absolute Gasteiger partial charge is 0.163 e. The topological polar surface area (TPSA) is 34.0 Å². The van der Waals surface area contributed by atoms with Crippen molar-refractivity contribution in [3.8, 4) is 0 Å². The van der Waals surface area contributed by atoms with Crippen LogP contribution in [0.1, 0.15) is 0 Å². The molecule has 3 nitrogen and oxygen atoms in total. The molecule has 0 aliphatic carbocycles. The first-order chi connectivity index (χ1) is 4.75. The molecule has 0 spiro atoms. The van der Waals surface area contributed by atoms with E-state index in [0.717, 1.165) is 0 Å². The molecule has 1 heterocycles. The van der Waals surface area contributed by atoms with Crippen LogP contribution in [0.4, 0.5) is 5.69 Å². The van der Waals surface area contributed by atoms with Gasteiger partial charge in [0.2, 0.25) is 0 Å². The molecule has 11 heavy (non-hydrogen) atoms. The summed E-state index contributed by atoms with van der Waals surface area (Å²) in [7, 11) is 5.20. The molecule has 0 fully saturated rings. The molecule has 1 aromatic rings. The summed E-state index contributed by atoms with van der Waals surface area (Å²) in [5.41, 5.74) is 0.461. The molecule has 0 saturated carbocycles. The van der Waals surface area contributed by atoms with Crippen LogP contribution in [0.3, 0.4) is 0 Å². The quantitative estimate of drug-likeness (QED) is 0.727. The molecule has 0 amide bonds. The molecular formula is C7H9N2OU-. The molecule has 0 bridgehead atoms. The Labute approximate surface area is 89.2 Å². The van der Waals surface area contributed by atoms with Crippen molar-refractivity contribution in [1.82, 2.24) is 4.57 Å². The third kappa shape index (κ3) is 2.32. The number of hydrogen-bond acceptors (Lipinski definition) is 2. The van der Waals surface area contributed by atoms with Gasteiger partial charge in [0.05, 0.1) is 0 Å². The monoisotopic (exact) mass is 375 g/mol. The van der Waals surface area contributed by atoms with Gasteiger partial charge in [0, 0.05) is 43.8 Å². The average molecular weight is 375 g/mol. The summed E-state index contributed by atoms with van der Waals surface area (Å²) in [5, 5.41) is 2.76. The van der Waals surface area contributed by atoms with Crippen LogP contribution in [0.15, 0.2) is 23.1 Å². The molecule has 0 aromatic carbocycles. The average Bonchev–Trinajstić information content (AvgIpc) is 1.95. The summed E-state index contributed by atoms with van der Waals surface area (Å²) < 4.78 is 1.28. The third-order valence-electron chi connectivity index (χ3n) is 1.29. The molecule has 1 N–H and O–H groups in total. The summed E-state index contributed by atoms with van der Waals surface area (Å²) in [5.74, 6) is 0. The van der Waals surface area contributed by atoms with Crippen LogP contribution < -0.4 is 10.9 Å². The maximum absolute atomic E-state index is 11.0. The van der Waals surface area contributed by atoms with E-state index in [0.29, 0.717) is 5.69 Å². The Kier molecular flexibility index (Phi) is 4.39. The number of pyridine rings is 1. The molecule has 0 aliphatic heterocycles. The van der Waals surface area contributed by atoms with Crippen molar-refractivity contribution in [2.45, 2.75) is 0 Å². The van der Waals surface area contributed by atoms with Crippen LogP contribution >= 0.6 is 0 Å². The molecule has 0 aliphatic rings. The van der Waals surface area contributed by atoms with E-state index in [-0.39, 0.29) is 36.7 Å². The van der Waals surface area contributed by atoms with E-state index in [9.17, 15) is 4.79 Å². The van der Waals surface area contributed by atoms with Crippen molar-refractivity contribution in [1.29, 1.82) is 0 Å². The first kappa shape index (κ1) is 10.7. The van der Waals surface area contributed by atoms with Crippen LogP contribution in [0, 0.1) is 38.2 Å². The number of aromatic nitrogens is 1. The zero-order valence-electron chi connectivity index (χ0n) is 6.29. The molecular weight excluding hydrogens is 366 g/mol. The van der Waals surface area contributed by atoms with Gasteiger partial charge in [-0.15, -0.1) is 13.1 Å². The first-order valence-corrected chi connectivity index (χ1v) is 2.96. The molecule has 1 rings (SSSR count). The van der Waals surface area contributed by atoms with Crippen LogP contribution in [-0.2, 0) is 0 Å². The van der Waals surface area contributed by atoms with E-state index in [1.54, 1.807) is 25.4 Å². The number of rotatable bonds is 1. The van der Waals surface area contributed by atoms with Gasteiger partial charge in [-0.25, -0.2) is 0 Å². The second-order valence-electron chi connectivity index (χ2n) is 1.95. The predicted molar refractivity (Wildman–Crippen MR) is 41.0 cm³/mol. The second kappa shape index (κ2) is 4.53. The van der Waals surface area contributed by atoms with Gasteiger partial charge in [0.25, 0.3) is 0 Å². The maximum Gasteiger partial charge on any atom is 0.163 e. The van der Waals surface area contributed by atoms with Crippen molar-refractivity contribution in [2.24, 2.45) is 0 Å². The third-order valence-corrected chi connectivity index (χ3v) is 1.29. The standard InChI is InChI=1S/C7H9N2O.U/c1-8-6-4-3-5-9(2)7(6)10;/h3-5,8H,2H2,1H3;/q-1;. The number of hydrogen-bond donors (Lipinski definition) is 1. The molecule has 0 atom stereocenters. The molecule has 0 saturated heterocycles. The first-order valence-electron chi connectivity index (χ1n) is 2.96. The van der Waals surface area contributed by atoms with Crippen molar-refractivity contribution < 1.29 is 31.1 Å². The number of nitrogens with one attached hydrogen (secondary N) is 1. The van der Waals surface area contributed by atoms with Gasteiger partial charge < -0.3 is 14.7 Å². The Hall–Kier alpha value is -0.328. The fraction of sp³-hybridized carbons (Fsp3) is 0.143. The van der Waals surface area contributed by atoms with Gasteiger partial charge in [-0.1, -0.05) is 12.3 Å². The van der Waals surface area contributed by atoms with E-state index in [1.165, 1.54) is 4.57 Å². The zero-order chi connectivity index (χ0) is 7.56. The summed E-state index contributed by atoms with van der Waals surface area (Å²) in [6.07, 6.45) is 1.61. The minimum atomic E-state index is -0.106. The van der Waals surface area contributed by atoms with Crippen LogP contribution in [-0.4, -0.2) is 11.6 Å². The van der Waals surface area contributed by atoms with Gasteiger partial charge in [0.1, 0.15) is 0 Å². The zero-order valence-corrected chi connectivity index (χ0v) is 10.5. The Morgan fingerprint density at radius 1 is 1.64 bits per heavy atom. The molecule has 4 heteroatoms. The van der Waals surface area contributed by atoms with E-state index < -0.39 is 0 Å². The van der Waals surface area contributed by atoms with E-state index in [1.807, 2.05) is 0 Å². The van der Waals surface area contributed by atoms with Crippen LogP contribution in [0.25, 0.3) is 0 Å². The fourth-order valence-electron chi connectivity index (χ4n) is 0.727. The summed E-state index contributed by atoms with van der Waals surface area (Å²) >= 11 is 0. The van der Waals surface area contributed by atoms with Gasteiger partial charge in [-0.2, -0.15) is 0 Å². The van der Waals surface area contributed by atoms with E-state index >= 15 is 0 Å². The van der Waals surface area contributed by atoms with E-state index in [2.05, 4.69) is 12.4 Å². The molecule has 58 valence electrons. The van der Waals surface area contributed by atoms with Crippen molar-refractivity contribution in [3.63, 3.8) is 0 Å². The fourth-order valence-corrected chi connectivity index (χ4v) is 0.727. The van der Waals surface area contributed by atoms with Gasteiger partial charge in [0.15, 0.2) is 5.56 Å². The Morgan fingerprint density at radius 3 is 2.73 bits per heavy atom. The van der Waals surface area contributed by atoms with E-state index in [4.69, 9.17) is 0 Å². The minimum absolute atomic E-state index is 0. The summed E-state index contributed by atoms with van der Waals surface area (Å²) in [6.45, 7) is 0. The van der Waals surface area contributed by atoms with Crippen molar-refractivity contribution in [3.05, 3.63) is 35.7 Å². The Balaban J connectivity index is 0.000001000. The van der Waals surface area contributed by atoms with Crippen LogP contribution in [0.5, 0.6) is 0 Å². The summed E-state index contributed by atoms with van der Waals surface area (Å²) in [4.78, 5) is 11.0. The molecule has 0 unspecified atom stereocenters. The maximum atomic E-state index is 11.0.